The van der Waals surface area contributed by atoms with Gasteiger partial charge in [0, 0.05) is 11.5 Å². The Balaban J connectivity index is 1.18. The van der Waals surface area contributed by atoms with Crippen LogP contribution in [0.5, 0.6) is 5.75 Å². The molecule has 0 amide bonds. The highest BCUT2D eigenvalue weighted by atomic mass is 16.6. The molecule has 1 fully saturated rings. The molecule has 3 aromatic carbocycles. The molecule has 0 N–H and O–H groups in total. The molecule has 0 spiro atoms. The van der Waals surface area contributed by atoms with Crippen molar-refractivity contribution in [2.75, 3.05) is 0 Å². The molecule has 6 heteroatoms. The first kappa shape index (κ1) is 20.2. The van der Waals surface area contributed by atoms with Crippen LogP contribution in [0.25, 0.3) is 21.9 Å². The average molecular weight is 446 g/mol. The van der Waals surface area contributed by atoms with Gasteiger partial charge in [-0.15, -0.1) is 0 Å². The van der Waals surface area contributed by atoms with Crippen molar-refractivity contribution < 1.29 is 13.9 Å². The Bertz CT molecular complexity index is 1650. The molecule has 2 aromatic heterocycles. The molecule has 0 bridgehead atoms. The van der Waals surface area contributed by atoms with E-state index in [1.165, 1.54) is 6.07 Å². The molecule has 6 rings (SSSR count). The summed E-state index contributed by atoms with van der Waals surface area (Å²) < 4.78 is 17.5. The molecule has 0 aliphatic carbocycles. The predicted molar refractivity (Wildman–Crippen MR) is 126 cm³/mol. The Hall–Kier alpha value is -4.47. The molecule has 0 saturated carbocycles. The number of fused-ring (bicyclic) bond motifs is 2. The number of pyridine rings is 1. The molecular weight excluding hydrogens is 428 g/mol. The minimum Gasteiger partial charge on any atom is -0.487 e. The fraction of sp³-hybridized carbons (Fsp3) is 0.107. The van der Waals surface area contributed by atoms with Gasteiger partial charge in [-0.1, -0.05) is 42.5 Å². The number of nitrogens with zero attached hydrogens (tertiary/aromatic N) is 2. The number of rotatable bonds is 5. The minimum atomic E-state index is -0.233. The second kappa shape index (κ2) is 8.14. The number of hydrogen-bond donors (Lipinski definition) is 0. The van der Waals surface area contributed by atoms with Crippen LogP contribution >= 0.6 is 0 Å². The zero-order valence-electron chi connectivity index (χ0n) is 18.0. The average Bonchev–Trinajstić information content (AvgIpc) is 3.68. The van der Waals surface area contributed by atoms with Gasteiger partial charge in [-0.25, -0.2) is 4.98 Å². The smallest absolute Gasteiger partial charge is 0.207 e. The summed E-state index contributed by atoms with van der Waals surface area (Å²) in [4.78, 5) is 16.8. The van der Waals surface area contributed by atoms with Crippen LogP contribution in [-0.2, 0) is 11.3 Å². The van der Waals surface area contributed by atoms with E-state index in [0.717, 1.165) is 33.5 Å². The van der Waals surface area contributed by atoms with Crippen molar-refractivity contribution in [1.29, 1.82) is 5.26 Å². The summed E-state index contributed by atoms with van der Waals surface area (Å²) in [5.41, 5.74) is 3.85. The molecule has 164 valence electrons. The number of ether oxygens (including phenoxy) is 2. The van der Waals surface area contributed by atoms with E-state index in [1.54, 1.807) is 12.1 Å². The first-order valence-corrected chi connectivity index (χ1v) is 10.9. The van der Waals surface area contributed by atoms with E-state index in [9.17, 15) is 4.79 Å². The molecular formula is C28H18N2O4. The van der Waals surface area contributed by atoms with E-state index in [0.29, 0.717) is 17.6 Å². The van der Waals surface area contributed by atoms with Crippen LogP contribution in [0.3, 0.4) is 0 Å². The van der Waals surface area contributed by atoms with Crippen molar-refractivity contribution >= 4 is 21.9 Å². The van der Waals surface area contributed by atoms with Crippen LogP contribution in [0.1, 0.15) is 34.8 Å². The minimum absolute atomic E-state index is 0.00586. The predicted octanol–water partition coefficient (Wildman–Crippen LogP) is 5.60. The maximum absolute atomic E-state index is 12.1. The van der Waals surface area contributed by atoms with Gasteiger partial charge in [-0.3, -0.25) is 4.79 Å². The molecule has 6 nitrogen and oxygen atoms in total. The maximum Gasteiger partial charge on any atom is 0.207 e. The summed E-state index contributed by atoms with van der Waals surface area (Å²) in [5, 5.41) is 10.6. The molecule has 5 aromatic rings. The Kier molecular flexibility index (Phi) is 4.83. The summed E-state index contributed by atoms with van der Waals surface area (Å²) in [5.74, 6) is 0.735. The zero-order chi connectivity index (χ0) is 23.1. The van der Waals surface area contributed by atoms with Crippen molar-refractivity contribution in [1.82, 2.24) is 4.98 Å². The Morgan fingerprint density at radius 1 is 0.912 bits per heavy atom. The van der Waals surface area contributed by atoms with Crippen LogP contribution in [0, 0.1) is 11.3 Å². The third-order valence-electron chi connectivity index (χ3n) is 5.91. The summed E-state index contributed by atoms with van der Waals surface area (Å²) in [6.45, 7) is 0.369. The van der Waals surface area contributed by atoms with Crippen LogP contribution in [0.2, 0.25) is 0 Å². The number of benzene rings is 3. The van der Waals surface area contributed by atoms with Crippen molar-refractivity contribution in [2.24, 2.45) is 0 Å². The summed E-state index contributed by atoms with van der Waals surface area (Å²) in [6, 6.07) is 28.3. The molecule has 1 aliphatic rings. The monoisotopic (exact) mass is 446 g/mol. The number of para-hydroxylation sites is 1. The molecule has 0 radical (unpaired) electrons. The van der Waals surface area contributed by atoms with E-state index < -0.39 is 0 Å². The fourth-order valence-electron chi connectivity index (χ4n) is 4.15. The van der Waals surface area contributed by atoms with E-state index >= 15 is 0 Å². The van der Waals surface area contributed by atoms with Gasteiger partial charge in [-0.05, 0) is 47.5 Å². The van der Waals surface area contributed by atoms with Gasteiger partial charge in [0.15, 0.2) is 5.43 Å². The molecule has 3 heterocycles. The standard InChI is InChI=1S/C28H18N2O4/c29-15-22-14-25(31)23-11-9-19(13-26(23)33-22)28-27(34-28)18-5-3-6-21(12-18)32-16-20-10-8-17-4-1-2-7-24(17)30-20/h1-14,27-28H,16H2. The second-order valence-electron chi connectivity index (χ2n) is 8.18. The van der Waals surface area contributed by atoms with Gasteiger partial charge in [0.25, 0.3) is 0 Å². The first-order chi connectivity index (χ1) is 16.7. The highest BCUT2D eigenvalue weighted by Crippen LogP contribution is 2.51. The number of hydrogen-bond acceptors (Lipinski definition) is 6. The normalized spacial score (nSPS) is 16.9. The van der Waals surface area contributed by atoms with Gasteiger partial charge in [0.2, 0.25) is 5.76 Å². The van der Waals surface area contributed by atoms with Crippen LogP contribution < -0.4 is 10.2 Å². The lowest BCUT2D eigenvalue weighted by Gasteiger charge is -2.08. The SMILES string of the molecule is N#Cc1cc(=O)c2ccc(C3OC3c3cccc(OCc4ccc5ccccc5n4)c3)cc2o1. The molecule has 1 aliphatic heterocycles. The van der Waals surface area contributed by atoms with E-state index in [-0.39, 0.29) is 23.4 Å². The fourth-order valence-corrected chi connectivity index (χ4v) is 4.15. The molecule has 34 heavy (non-hydrogen) atoms. The molecule has 2 unspecified atom stereocenters. The maximum atomic E-state index is 12.1. The van der Waals surface area contributed by atoms with Crippen molar-refractivity contribution in [2.45, 2.75) is 18.8 Å². The Morgan fingerprint density at radius 3 is 2.65 bits per heavy atom. The quantitative estimate of drug-likeness (QED) is 0.326. The highest BCUT2D eigenvalue weighted by Gasteiger charge is 2.41. The van der Waals surface area contributed by atoms with Crippen LogP contribution in [0.4, 0.5) is 0 Å². The Labute approximate surface area is 194 Å². The lowest BCUT2D eigenvalue weighted by Crippen LogP contribution is -2.01. The number of nitriles is 1. The second-order valence-corrected chi connectivity index (χ2v) is 8.18. The van der Waals surface area contributed by atoms with Gasteiger partial charge in [0.05, 0.1) is 16.6 Å². The van der Waals surface area contributed by atoms with Gasteiger partial charge in [-0.2, -0.15) is 5.26 Å². The third-order valence-corrected chi connectivity index (χ3v) is 5.91. The number of aromatic nitrogens is 1. The van der Waals surface area contributed by atoms with Crippen molar-refractivity contribution in [3.8, 4) is 11.8 Å². The Morgan fingerprint density at radius 2 is 1.76 bits per heavy atom. The lowest BCUT2D eigenvalue weighted by atomic mass is 10.0. The number of epoxide rings is 1. The largest absolute Gasteiger partial charge is 0.487 e. The van der Waals surface area contributed by atoms with Gasteiger partial charge in [0.1, 0.15) is 36.2 Å². The third kappa shape index (κ3) is 3.79. The summed E-state index contributed by atoms with van der Waals surface area (Å²) in [7, 11) is 0. The van der Waals surface area contributed by atoms with E-state index in [1.807, 2.05) is 72.8 Å². The molecule has 2 atom stereocenters. The van der Waals surface area contributed by atoms with Gasteiger partial charge >= 0.3 is 0 Å². The topological polar surface area (TPSA) is 88.7 Å². The summed E-state index contributed by atoms with van der Waals surface area (Å²) in [6.07, 6.45) is -0.275. The van der Waals surface area contributed by atoms with Crippen molar-refractivity contribution in [3.63, 3.8) is 0 Å². The van der Waals surface area contributed by atoms with Gasteiger partial charge < -0.3 is 13.9 Å². The van der Waals surface area contributed by atoms with Crippen molar-refractivity contribution in [3.05, 3.63) is 118 Å². The van der Waals surface area contributed by atoms with E-state index in [4.69, 9.17) is 19.2 Å². The zero-order valence-corrected chi connectivity index (χ0v) is 18.0. The summed E-state index contributed by atoms with van der Waals surface area (Å²) >= 11 is 0. The lowest BCUT2D eigenvalue weighted by molar-refractivity contribution is 0.301. The first-order valence-electron chi connectivity index (χ1n) is 10.9. The van der Waals surface area contributed by atoms with E-state index in [2.05, 4.69) is 4.98 Å². The van der Waals surface area contributed by atoms with Crippen LogP contribution in [0.15, 0.2) is 94.1 Å². The van der Waals surface area contributed by atoms with Crippen LogP contribution in [-0.4, -0.2) is 4.98 Å². The highest BCUT2D eigenvalue weighted by molar-refractivity contribution is 5.78. The molecule has 1 saturated heterocycles.